The Morgan fingerprint density at radius 3 is 2.48 bits per heavy atom. The highest BCUT2D eigenvalue weighted by Gasteiger charge is 2.20. The molecule has 0 saturated carbocycles. The normalized spacial score (nSPS) is 10.5. The van der Waals surface area contributed by atoms with Gasteiger partial charge in [-0.1, -0.05) is 29.8 Å². The number of carbonyl (C=O) groups is 1. The Hall–Kier alpha value is -3.06. The van der Waals surface area contributed by atoms with Gasteiger partial charge >= 0.3 is 0 Å². The zero-order chi connectivity index (χ0) is 19.4. The molecule has 0 aliphatic rings. The Morgan fingerprint density at radius 1 is 1.19 bits per heavy atom. The second-order valence-corrected chi connectivity index (χ2v) is 6.05. The Labute approximate surface area is 160 Å². The molecule has 1 amide bonds. The second kappa shape index (κ2) is 8.09. The highest BCUT2D eigenvalue weighted by molar-refractivity contribution is 6.33. The molecule has 2 aromatic carbocycles. The van der Waals surface area contributed by atoms with Gasteiger partial charge in [0.05, 0.1) is 20.8 Å². The first kappa shape index (κ1) is 18.7. The number of hydrogen-bond donors (Lipinski definition) is 1. The Kier molecular flexibility index (Phi) is 5.61. The molecule has 0 aliphatic carbocycles. The van der Waals surface area contributed by atoms with Crippen LogP contribution in [0.4, 0.5) is 10.2 Å². The number of methoxy groups -OCH3 is 2. The first-order valence-corrected chi connectivity index (χ1v) is 8.39. The summed E-state index contributed by atoms with van der Waals surface area (Å²) < 4.78 is 25.3. The third-order valence-corrected chi connectivity index (χ3v) is 4.11. The molecular formula is C19H17ClFN3O3. The van der Waals surface area contributed by atoms with E-state index in [1.54, 1.807) is 36.5 Å². The van der Waals surface area contributed by atoms with Gasteiger partial charge in [-0.05, 0) is 29.8 Å². The predicted octanol–water partition coefficient (Wildman–Crippen LogP) is 3.99. The molecule has 0 bridgehead atoms. The fraction of sp³-hybridized carbons (Fsp3) is 0.158. The molecule has 0 saturated heterocycles. The van der Waals surface area contributed by atoms with E-state index in [-0.39, 0.29) is 22.2 Å². The number of amides is 1. The summed E-state index contributed by atoms with van der Waals surface area (Å²) in [6, 6.07) is 11.2. The van der Waals surface area contributed by atoms with Crippen LogP contribution in [0.1, 0.15) is 15.9 Å². The third kappa shape index (κ3) is 4.20. The summed E-state index contributed by atoms with van der Waals surface area (Å²) in [6.45, 7) is 0.311. The van der Waals surface area contributed by atoms with Crippen molar-refractivity contribution < 1.29 is 18.7 Å². The maximum Gasteiger partial charge on any atom is 0.264 e. The van der Waals surface area contributed by atoms with E-state index in [9.17, 15) is 9.18 Å². The van der Waals surface area contributed by atoms with Crippen molar-refractivity contribution >= 4 is 23.3 Å². The molecule has 1 N–H and O–H groups in total. The van der Waals surface area contributed by atoms with Gasteiger partial charge in [0.2, 0.25) is 0 Å². The molecule has 1 aromatic heterocycles. The lowest BCUT2D eigenvalue weighted by Crippen LogP contribution is -2.15. The largest absolute Gasteiger partial charge is 0.496 e. The molecule has 3 rings (SSSR count). The molecule has 3 aromatic rings. The van der Waals surface area contributed by atoms with Crippen LogP contribution in [0, 0.1) is 5.82 Å². The van der Waals surface area contributed by atoms with Gasteiger partial charge in [-0.15, -0.1) is 0 Å². The number of hydrogen-bond acceptors (Lipinski definition) is 4. The fourth-order valence-corrected chi connectivity index (χ4v) is 2.83. The van der Waals surface area contributed by atoms with Crippen molar-refractivity contribution in [3.63, 3.8) is 0 Å². The minimum atomic E-state index is -0.470. The molecule has 27 heavy (non-hydrogen) atoms. The van der Waals surface area contributed by atoms with Gasteiger partial charge in [0.1, 0.15) is 27.9 Å². The van der Waals surface area contributed by atoms with Gasteiger partial charge in [-0.25, -0.2) is 4.39 Å². The number of carbonyl (C=O) groups excluding carboxylic acids is 1. The molecule has 140 valence electrons. The number of halogens is 2. The number of ether oxygens (including phenoxy) is 2. The van der Waals surface area contributed by atoms with Crippen molar-refractivity contribution in [2.75, 3.05) is 19.5 Å². The number of anilines is 1. The van der Waals surface area contributed by atoms with Crippen LogP contribution in [0.25, 0.3) is 0 Å². The summed E-state index contributed by atoms with van der Waals surface area (Å²) >= 11 is 6.19. The molecule has 0 spiro atoms. The van der Waals surface area contributed by atoms with Crippen molar-refractivity contribution in [2.45, 2.75) is 6.54 Å². The average molecular weight is 390 g/mol. The molecule has 0 unspecified atom stereocenters. The van der Waals surface area contributed by atoms with Crippen molar-refractivity contribution in [3.05, 3.63) is 70.6 Å². The Balaban J connectivity index is 1.83. The fourth-order valence-electron chi connectivity index (χ4n) is 2.63. The molecule has 0 radical (unpaired) electrons. The van der Waals surface area contributed by atoms with Gasteiger partial charge in [0, 0.05) is 6.20 Å². The summed E-state index contributed by atoms with van der Waals surface area (Å²) in [5, 5.41) is 7.17. The van der Waals surface area contributed by atoms with E-state index < -0.39 is 5.91 Å². The summed E-state index contributed by atoms with van der Waals surface area (Å²) in [6.07, 6.45) is 1.56. The minimum absolute atomic E-state index is 0.186. The monoisotopic (exact) mass is 389 g/mol. The standard InChI is InChI=1S/C19H17ClFN3O3/c1-26-15-7-4-8-16(27-2)17(15)19(25)22-18-14(20)11-24(23-18)10-12-5-3-6-13(21)9-12/h3-9,11H,10H2,1-2H3,(H,22,23,25). The van der Waals surface area contributed by atoms with E-state index in [2.05, 4.69) is 10.4 Å². The van der Waals surface area contributed by atoms with Crippen molar-refractivity contribution in [3.8, 4) is 11.5 Å². The van der Waals surface area contributed by atoms with Gasteiger partial charge in [0.25, 0.3) is 5.91 Å². The van der Waals surface area contributed by atoms with Crippen LogP contribution < -0.4 is 14.8 Å². The highest BCUT2D eigenvalue weighted by atomic mass is 35.5. The van der Waals surface area contributed by atoms with Crippen LogP contribution >= 0.6 is 11.6 Å². The SMILES string of the molecule is COc1cccc(OC)c1C(=O)Nc1nn(Cc2cccc(F)c2)cc1Cl. The van der Waals surface area contributed by atoms with Gasteiger partial charge < -0.3 is 14.8 Å². The zero-order valence-electron chi connectivity index (χ0n) is 14.7. The first-order chi connectivity index (χ1) is 13.0. The molecular weight excluding hydrogens is 373 g/mol. The van der Waals surface area contributed by atoms with Gasteiger partial charge in [0.15, 0.2) is 5.82 Å². The number of aromatic nitrogens is 2. The molecule has 0 atom stereocenters. The maximum atomic E-state index is 13.3. The van der Waals surface area contributed by atoms with Crippen LogP contribution in [0.2, 0.25) is 5.02 Å². The molecule has 0 aliphatic heterocycles. The summed E-state index contributed by atoms with van der Waals surface area (Å²) in [7, 11) is 2.93. The lowest BCUT2D eigenvalue weighted by atomic mass is 10.1. The van der Waals surface area contributed by atoms with E-state index in [1.807, 2.05) is 0 Å². The van der Waals surface area contributed by atoms with Crippen LogP contribution in [0.5, 0.6) is 11.5 Å². The van der Waals surface area contributed by atoms with Crippen molar-refractivity contribution in [1.29, 1.82) is 0 Å². The zero-order valence-corrected chi connectivity index (χ0v) is 15.5. The number of nitrogens with zero attached hydrogens (tertiary/aromatic N) is 2. The number of benzene rings is 2. The smallest absolute Gasteiger partial charge is 0.264 e. The molecule has 6 nitrogen and oxygen atoms in total. The highest BCUT2D eigenvalue weighted by Crippen LogP contribution is 2.30. The lowest BCUT2D eigenvalue weighted by Gasteiger charge is -2.12. The molecule has 1 heterocycles. The summed E-state index contributed by atoms with van der Waals surface area (Å²) in [5.41, 5.74) is 0.955. The van der Waals surface area contributed by atoms with E-state index in [0.717, 1.165) is 5.56 Å². The number of rotatable bonds is 6. The quantitative estimate of drug-likeness (QED) is 0.692. The van der Waals surface area contributed by atoms with Crippen molar-refractivity contribution in [2.24, 2.45) is 0 Å². The van der Waals surface area contributed by atoms with Crippen LogP contribution in [-0.4, -0.2) is 29.9 Å². The Bertz CT molecular complexity index is 952. The summed E-state index contributed by atoms with van der Waals surface area (Å²) in [4.78, 5) is 12.7. The van der Waals surface area contributed by atoms with Crippen molar-refractivity contribution in [1.82, 2.24) is 9.78 Å². The predicted molar refractivity (Wildman–Crippen MR) is 100 cm³/mol. The van der Waals surface area contributed by atoms with E-state index in [1.165, 1.54) is 31.0 Å². The topological polar surface area (TPSA) is 65.4 Å². The van der Waals surface area contributed by atoms with Gasteiger partial charge in [-0.2, -0.15) is 5.10 Å². The first-order valence-electron chi connectivity index (χ1n) is 8.01. The van der Waals surface area contributed by atoms with E-state index >= 15 is 0 Å². The van der Waals surface area contributed by atoms with E-state index in [4.69, 9.17) is 21.1 Å². The third-order valence-electron chi connectivity index (χ3n) is 3.84. The average Bonchev–Trinajstić information content (AvgIpc) is 2.99. The van der Waals surface area contributed by atoms with E-state index in [0.29, 0.717) is 18.0 Å². The number of nitrogens with one attached hydrogen (secondary N) is 1. The Morgan fingerprint density at radius 2 is 1.85 bits per heavy atom. The van der Waals surface area contributed by atoms with Gasteiger partial charge in [-0.3, -0.25) is 9.48 Å². The lowest BCUT2D eigenvalue weighted by molar-refractivity contribution is 0.102. The molecule has 0 fully saturated rings. The van der Waals surface area contributed by atoms with Crippen LogP contribution in [-0.2, 0) is 6.54 Å². The van der Waals surface area contributed by atoms with Crippen LogP contribution in [0.15, 0.2) is 48.7 Å². The maximum absolute atomic E-state index is 13.3. The minimum Gasteiger partial charge on any atom is -0.496 e. The molecule has 8 heteroatoms. The second-order valence-electron chi connectivity index (χ2n) is 5.64. The van der Waals surface area contributed by atoms with Crippen LogP contribution in [0.3, 0.4) is 0 Å². The summed E-state index contributed by atoms with van der Waals surface area (Å²) in [5.74, 6) is 0.111.